The van der Waals surface area contributed by atoms with Gasteiger partial charge in [0, 0.05) is 42.7 Å². The highest BCUT2D eigenvalue weighted by Gasteiger charge is 2.34. The summed E-state index contributed by atoms with van der Waals surface area (Å²) in [7, 11) is 0. The van der Waals surface area contributed by atoms with Crippen LogP contribution in [0.5, 0.6) is 5.75 Å². The number of halogens is 1. The average molecular weight is 416 g/mol. The molecule has 2 atom stereocenters. The van der Waals surface area contributed by atoms with E-state index in [1.165, 1.54) is 0 Å². The van der Waals surface area contributed by atoms with Gasteiger partial charge in [-0.1, -0.05) is 36.4 Å². The van der Waals surface area contributed by atoms with E-state index in [1.54, 1.807) is 23.1 Å². The lowest BCUT2D eigenvalue weighted by atomic mass is 9.95. The van der Waals surface area contributed by atoms with Gasteiger partial charge in [-0.3, -0.25) is 9.59 Å². The molecule has 1 aliphatic heterocycles. The van der Waals surface area contributed by atoms with E-state index in [2.05, 4.69) is 17.4 Å². The monoisotopic (exact) mass is 415 g/mol. The normalized spacial score (nSPS) is 20.7. The molecule has 2 aliphatic rings. The topological polar surface area (TPSA) is 84.7 Å². The molecule has 2 amide bonds. The molecule has 6 nitrogen and oxygen atoms in total. The molecule has 0 bridgehead atoms. The van der Waals surface area contributed by atoms with E-state index in [-0.39, 0.29) is 48.7 Å². The Morgan fingerprint density at radius 1 is 1.07 bits per heavy atom. The van der Waals surface area contributed by atoms with Crippen LogP contribution in [-0.2, 0) is 9.59 Å². The van der Waals surface area contributed by atoms with Gasteiger partial charge in [-0.25, -0.2) is 0 Å². The van der Waals surface area contributed by atoms with Crippen molar-refractivity contribution in [3.05, 3.63) is 60.2 Å². The summed E-state index contributed by atoms with van der Waals surface area (Å²) in [5.41, 5.74) is 8.11. The summed E-state index contributed by atoms with van der Waals surface area (Å²) in [5.74, 6) is 0.812. The van der Waals surface area contributed by atoms with Gasteiger partial charge in [0.25, 0.3) is 5.91 Å². The molecule has 1 saturated heterocycles. The molecule has 3 N–H and O–H groups in total. The van der Waals surface area contributed by atoms with Crippen molar-refractivity contribution < 1.29 is 14.3 Å². The predicted octanol–water partition coefficient (Wildman–Crippen LogP) is 2.79. The number of nitrogens with one attached hydrogen (secondary N) is 1. The van der Waals surface area contributed by atoms with Crippen LogP contribution in [0.3, 0.4) is 0 Å². The maximum Gasteiger partial charge on any atom is 0.260 e. The number of carbonyl (C=O) groups is 2. The zero-order valence-corrected chi connectivity index (χ0v) is 16.9. The van der Waals surface area contributed by atoms with Crippen molar-refractivity contribution in [1.29, 1.82) is 0 Å². The molecule has 154 valence electrons. The molecule has 2 fully saturated rings. The van der Waals surface area contributed by atoms with Crippen LogP contribution in [0.15, 0.2) is 54.6 Å². The van der Waals surface area contributed by atoms with Gasteiger partial charge >= 0.3 is 0 Å². The molecule has 1 heterocycles. The Hall–Kier alpha value is -2.57. The van der Waals surface area contributed by atoms with Gasteiger partial charge in [-0.2, -0.15) is 0 Å². The van der Waals surface area contributed by atoms with Crippen LogP contribution in [0.25, 0.3) is 0 Å². The van der Waals surface area contributed by atoms with Gasteiger partial charge < -0.3 is 20.7 Å². The second-order valence-corrected chi connectivity index (χ2v) is 7.56. The molecule has 7 heteroatoms. The first kappa shape index (κ1) is 21.1. The van der Waals surface area contributed by atoms with Gasteiger partial charge in [0.2, 0.25) is 5.91 Å². The number of carbonyl (C=O) groups excluding carboxylic acids is 2. The zero-order valence-electron chi connectivity index (χ0n) is 16.1. The number of nitrogens with two attached hydrogens (primary N) is 1. The summed E-state index contributed by atoms with van der Waals surface area (Å²) in [4.78, 5) is 26.2. The number of ether oxygens (including phenoxy) is 1. The van der Waals surface area contributed by atoms with Gasteiger partial charge in [0.05, 0.1) is 0 Å². The van der Waals surface area contributed by atoms with Crippen LogP contribution >= 0.6 is 12.4 Å². The first-order valence-corrected chi connectivity index (χ1v) is 9.72. The summed E-state index contributed by atoms with van der Waals surface area (Å²) in [6, 6.07) is 17.1. The van der Waals surface area contributed by atoms with Crippen molar-refractivity contribution in [3.63, 3.8) is 0 Å². The van der Waals surface area contributed by atoms with Crippen molar-refractivity contribution in [3.8, 4) is 5.75 Å². The molecular weight excluding hydrogens is 390 g/mol. The van der Waals surface area contributed by atoms with Gasteiger partial charge in [-0.15, -0.1) is 12.4 Å². The lowest BCUT2D eigenvalue weighted by molar-refractivity contribution is -0.132. The summed E-state index contributed by atoms with van der Waals surface area (Å²) in [6.45, 7) is 1.08. The SMILES string of the molecule is Cl.N[C@@H]1CN(C(=O)COc2cccc(NC(=O)C3CC3)c2)C[C@H]1c1ccccc1. The molecule has 1 aliphatic carbocycles. The van der Waals surface area contributed by atoms with Crippen molar-refractivity contribution in [2.24, 2.45) is 11.7 Å². The fourth-order valence-electron chi connectivity index (χ4n) is 3.58. The molecule has 0 aromatic heterocycles. The minimum absolute atomic E-state index is 0. The summed E-state index contributed by atoms with van der Waals surface area (Å²) < 4.78 is 5.67. The van der Waals surface area contributed by atoms with E-state index >= 15 is 0 Å². The van der Waals surface area contributed by atoms with Gasteiger partial charge in [0.1, 0.15) is 5.75 Å². The van der Waals surface area contributed by atoms with Crippen LogP contribution in [0.1, 0.15) is 24.3 Å². The zero-order chi connectivity index (χ0) is 19.5. The number of anilines is 1. The third-order valence-electron chi connectivity index (χ3n) is 5.36. The Morgan fingerprint density at radius 3 is 2.55 bits per heavy atom. The van der Waals surface area contributed by atoms with Crippen molar-refractivity contribution in [2.45, 2.75) is 24.8 Å². The molecular formula is C22H26ClN3O3. The third-order valence-corrected chi connectivity index (χ3v) is 5.36. The highest BCUT2D eigenvalue weighted by molar-refractivity contribution is 5.94. The lowest BCUT2D eigenvalue weighted by Gasteiger charge is -2.17. The van der Waals surface area contributed by atoms with Crippen LogP contribution in [0, 0.1) is 5.92 Å². The quantitative estimate of drug-likeness (QED) is 0.759. The standard InChI is InChI=1S/C22H25N3O3.ClH/c23-20-13-25(12-19(20)15-5-2-1-3-6-15)21(26)14-28-18-8-4-7-17(11-18)24-22(27)16-9-10-16;/h1-8,11,16,19-20H,9-10,12-14,23H2,(H,24,27);1H/t19-,20+;/m0./s1. The summed E-state index contributed by atoms with van der Waals surface area (Å²) in [6.07, 6.45) is 1.91. The maximum atomic E-state index is 12.6. The Balaban J connectivity index is 0.00000240. The highest BCUT2D eigenvalue weighted by Crippen LogP contribution is 2.30. The van der Waals surface area contributed by atoms with Crippen LogP contribution in [0.4, 0.5) is 5.69 Å². The summed E-state index contributed by atoms with van der Waals surface area (Å²) >= 11 is 0. The number of nitrogens with zero attached hydrogens (tertiary/aromatic N) is 1. The largest absolute Gasteiger partial charge is 0.484 e. The van der Waals surface area contributed by atoms with Crippen LogP contribution in [0.2, 0.25) is 0 Å². The Morgan fingerprint density at radius 2 is 1.83 bits per heavy atom. The Bertz CT molecular complexity index is 857. The fourth-order valence-corrected chi connectivity index (χ4v) is 3.58. The van der Waals surface area contributed by atoms with Gasteiger partial charge in [-0.05, 0) is 30.5 Å². The number of likely N-dealkylation sites (tertiary alicyclic amines) is 1. The lowest BCUT2D eigenvalue weighted by Crippen LogP contribution is -2.35. The molecule has 4 rings (SSSR count). The van der Waals surface area contributed by atoms with E-state index in [1.807, 2.05) is 24.3 Å². The highest BCUT2D eigenvalue weighted by atomic mass is 35.5. The Kier molecular flexibility index (Phi) is 6.77. The van der Waals surface area contributed by atoms with E-state index in [9.17, 15) is 9.59 Å². The van der Waals surface area contributed by atoms with Crippen LogP contribution < -0.4 is 15.8 Å². The predicted molar refractivity (Wildman–Crippen MR) is 114 cm³/mol. The second kappa shape index (κ2) is 9.29. The summed E-state index contributed by atoms with van der Waals surface area (Å²) in [5, 5.41) is 2.89. The molecule has 29 heavy (non-hydrogen) atoms. The molecule has 0 spiro atoms. The minimum atomic E-state index is -0.0821. The second-order valence-electron chi connectivity index (χ2n) is 7.56. The smallest absolute Gasteiger partial charge is 0.260 e. The van der Waals surface area contributed by atoms with E-state index in [0.717, 1.165) is 18.4 Å². The molecule has 1 saturated carbocycles. The molecule has 2 aromatic carbocycles. The van der Waals surface area contributed by atoms with Crippen molar-refractivity contribution >= 4 is 29.9 Å². The molecule has 0 unspecified atom stereocenters. The van der Waals surface area contributed by atoms with Crippen LogP contribution in [-0.4, -0.2) is 42.5 Å². The molecule has 0 radical (unpaired) electrons. The number of hydrogen-bond acceptors (Lipinski definition) is 4. The maximum absolute atomic E-state index is 12.6. The number of rotatable bonds is 6. The Labute approximate surface area is 176 Å². The van der Waals surface area contributed by atoms with Crippen molar-refractivity contribution in [1.82, 2.24) is 4.90 Å². The first-order valence-electron chi connectivity index (χ1n) is 9.72. The van der Waals surface area contributed by atoms with E-state index in [0.29, 0.717) is 24.5 Å². The number of benzene rings is 2. The average Bonchev–Trinajstić information content (AvgIpc) is 3.49. The number of amides is 2. The number of hydrogen-bond donors (Lipinski definition) is 2. The van der Waals surface area contributed by atoms with E-state index in [4.69, 9.17) is 10.5 Å². The van der Waals surface area contributed by atoms with Gasteiger partial charge in [0.15, 0.2) is 6.61 Å². The van der Waals surface area contributed by atoms with Crippen molar-refractivity contribution in [2.75, 3.05) is 25.0 Å². The minimum Gasteiger partial charge on any atom is -0.484 e. The van der Waals surface area contributed by atoms with E-state index < -0.39 is 0 Å². The molecule has 2 aromatic rings. The third kappa shape index (κ3) is 5.28. The first-order chi connectivity index (χ1) is 13.6. The fraction of sp³-hybridized carbons (Fsp3) is 0.364.